The summed E-state index contributed by atoms with van der Waals surface area (Å²) >= 11 is 12.4. The fourth-order valence-corrected chi connectivity index (χ4v) is 3.01. The van der Waals surface area contributed by atoms with E-state index in [-0.39, 0.29) is 0 Å². The minimum Gasteiger partial charge on any atom is -0.323 e. The van der Waals surface area contributed by atoms with E-state index >= 15 is 0 Å². The van der Waals surface area contributed by atoms with E-state index in [9.17, 15) is 0 Å². The van der Waals surface area contributed by atoms with E-state index in [1.807, 2.05) is 72.8 Å². The van der Waals surface area contributed by atoms with Crippen molar-refractivity contribution in [3.63, 3.8) is 0 Å². The van der Waals surface area contributed by atoms with Crippen LogP contribution < -0.4 is 5.32 Å². The first-order valence-corrected chi connectivity index (χ1v) is 8.50. The van der Waals surface area contributed by atoms with Gasteiger partial charge in [-0.1, -0.05) is 65.7 Å². The molecule has 0 saturated heterocycles. The van der Waals surface area contributed by atoms with Crippen molar-refractivity contribution in [1.29, 1.82) is 0 Å². The predicted molar refractivity (Wildman–Crippen MR) is 105 cm³/mol. The second kappa shape index (κ2) is 6.71. The molecule has 0 aliphatic carbocycles. The maximum Gasteiger partial charge on any atom is 0.228 e. The predicted octanol–water partition coefficient (Wildman–Crippen LogP) is 6.35. The third-order valence-electron chi connectivity index (χ3n) is 3.83. The number of benzene rings is 3. The molecule has 0 spiro atoms. The van der Waals surface area contributed by atoms with Crippen molar-refractivity contribution in [2.24, 2.45) is 0 Å². The lowest BCUT2D eigenvalue weighted by atomic mass is 10.1. The fraction of sp³-hybridized carbons (Fsp3) is 0. The zero-order valence-corrected chi connectivity index (χ0v) is 14.6. The van der Waals surface area contributed by atoms with Gasteiger partial charge in [0.25, 0.3) is 0 Å². The molecule has 0 bridgehead atoms. The van der Waals surface area contributed by atoms with Crippen molar-refractivity contribution < 1.29 is 0 Å². The fourth-order valence-electron chi connectivity index (χ4n) is 2.66. The Balaban J connectivity index is 1.89. The minimum atomic E-state index is 0.488. The highest BCUT2D eigenvalue weighted by molar-refractivity contribution is 6.33. The Hall–Kier alpha value is -2.62. The van der Waals surface area contributed by atoms with Gasteiger partial charge in [0.2, 0.25) is 5.95 Å². The van der Waals surface area contributed by atoms with Crippen molar-refractivity contribution in [2.45, 2.75) is 0 Å². The Labute approximate surface area is 155 Å². The molecule has 3 nitrogen and oxygen atoms in total. The number of aromatic nitrogens is 2. The molecule has 122 valence electrons. The molecule has 0 fully saturated rings. The number of halogens is 2. The van der Waals surface area contributed by atoms with Crippen LogP contribution in [0.5, 0.6) is 0 Å². The zero-order valence-electron chi connectivity index (χ0n) is 13.1. The molecule has 0 amide bonds. The third-order valence-corrected chi connectivity index (χ3v) is 4.39. The van der Waals surface area contributed by atoms with Gasteiger partial charge in [0.05, 0.1) is 21.9 Å². The van der Waals surface area contributed by atoms with E-state index in [0.717, 1.165) is 27.8 Å². The Morgan fingerprint density at radius 3 is 2.32 bits per heavy atom. The molecule has 25 heavy (non-hydrogen) atoms. The summed E-state index contributed by atoms with van der Waals surface area (Å²) in [5, 5.41) is 5.38. The van der Waals surface area contributed by atoms with Crippen LogP contribution in [0.3, 0.4) is 0 Å². The van der Waals surface area contributed by atoms with Crippen LogP contribution in [-0.2, 0) is 0 Å². The number of anilines is 2. The molecule has 0 aliphatic heterocycles. The SMILES string of the molecule is Clc1ccc2nc(Nc3ccccc3Cl)nc(-c3ccccc3)c2c1. The van der Waals surface area contributed by atoms with Crippen molar-refractivity contribution in [3.05, 3.63) is 82.8 Å². The lowest BCUT2D eigenvalue weighted by Crippen LogP contribution is -2.00. The maximum absolute atomic E-state index is 6.23. The molecule has 0 atom stereocenters. The number of nitrogens with zero attached hydrogens (tertiary/aromatic N) is 2. The maximum atomic E-state index is 6.23. The molecule has 0 saturated carbocycles. The van der Waals surface area contributed by atoms with Crippen molar-refractivity contribution in [2.75, 3.05) is 5.32 Å². The summed E-state index contributed by atoms with van der Waals surface area (Å²) in [6.45, 7) is 0. The van der Waals surface area contributed by atoms with Crippen LogP contribution in [0.25, 0.3) is 22.2 Å². The molecule has 1 aromatic heterocycles. The second-order valence-electron chi connectivity index (χ2n) is 5.53. The van der Waals surface area contributed by atoms with Gasteiger partial charge in [0.1, 0.15) is 0 Å². The normalized spacial score (nSPS) is 10.8. The molecular formula is C20H13Cl2N3. The summed E-state index contributed by atoms with van der Waals surface area (Å²) < 4.78 is 0. The van der Waals surface area contributed by atoms with Gasteiger partial charge in [0, 0.05) is 16.0 Å². The van der Waals surface area contributed by atoms with Crippen LogP contribution >= 0.6 is 23.2 Å². The van der Waals surface area contributed by atoms with Gasteiger partial charge in [-0.2, -0.15) is 0 Å². The number of rotatable bonds is 3. The average Bonchev–Trinajstić information content (AvgIpc) is 2.64. The number of hydrogen-bond acceptors (Lipinski definition) is 3. The van der Waals surface area contributed by atoms with Gasteiger partial charge in [-0.3, -0.25) is 0 Å². The second-order valence-corrected chi connectivity index (χ2v) is 6.37. The first-order valence-electron chi connectivity index (χ1n) is 7.75. The summed E-state index contributed by atoms with van der Waals surface area (Å²) in [6, 6.07) is 23.1. The Morgan fingerprint density at radius 1 is 0.760 bits per heavy atom. The van der Waals surface area contributed by atoms with E-state index < -0.39 is 0 Å². The minimum absolute atomic E-state index is 0.488. The lowest BCUT2D eigenvalue weighted by Gasteiger charge is -2.11. The van der Waals surface area contributed by atoms with E-state index in [2.05, 4.69) is 10.3 Å². The highest BCUT2D eigenvalue weighted by Crippen LogP contribution is 2.31. The standard InChI is InChI=1S/C20H13Cl2N3/c21-14-10-11-17-15(12-14)19(13-6-2-1-3-7-13)25-20(23-17)24-18-9-5-4-8-16(18)22/h1-12H,(H,23,24,25). The summed E-state index contributed by atoms with van der Waals surface area (Å²) in [5.74, 6) is 0.488. The largest absolute Gasteiger partial charge is 0.323 e. The molecule has 0 unspecified atom stereocenters. The van der Waals surface area contributed by atoms with Crippen molar-refractivity contribution in [3.8, 4) is 11.3 Å². The number of nitrogens with one attached hydrogen (secondary N) is 1. The monoisotopic (exact) mass is 365 g/mol. The van der Waals surface area contributed by atoms with Crippen LogP contribution in [0.15, 0.2) is 72.8 Å². The first kappa shape index (κ1) is 15.9. The molecule has 1 heterocycles. The highest BCUT2D eigenvalue weighted by Gasteiger charge is 2.11. The molecular weight excluding hydrogens is 353 g/mol. The Kier molecular flexibility index (Phi) is 4.26. The molecule has 0 aliphatic rings. The number of fused-ring (bicyclic) bond motifs is 1. The van der Waals surface area contributed by atoms with E-state index in [1.165, 1.54) is 0 Å². The van der Waals surface area contributed by atoms with Gasteiger partial charge in [-0.15, -0.1) is 0 Å². The quantitative estimate of drug-likeness (QED) is 0.459. The summed E-state index contributed by atoms with van der Waals surface area (Å²) in [6.07, 6.45) is 0. The summed E-state index contributed by atoms with van der Waals surface area (Å²) in [7, 11) is 0. The van der Waals surface area contributed by atoms with Crippen molar-refractivity contribution >= 4 is 45.7 Å². The molecule has 0 radical (unpaired) electrons. The Morgan fingerprint density at radius 2 is 1.52 bits per heavy atom. The van der Waals surface area contributed by atoms with Crippen LogP contribution in [0.2, 0.25) is 10.0 Å². The molecule has 3 aromatic carbocycles. The third kappa shape index (κ3) is 3.29. The van der Waals surface area contributed by atoms with Crippen LogP contribution in [0, 0.1) is 0 Å². The topological polar surface area (TPSA) is 37.8 Å². The van der Waals surface area contributed by atoms with Gasteiger partial charge in [-0.25, -0.2) is 9.97 Å². The first-order chi connectivity index (χ1) is 12.2. The number of para-hydroxylation sites is 1. The van der Waals surface area contributed by atoms with Gasteiger partial charge < -0.3 is 5.32 Å². The molecule has 4 rings (SSSR count). The smallest absolute Gasteiger partial charge is 0.228 e. The van der Waals surface area contributed by atoms with E-state index in [0.29, 0.717) is 16.0 Å². The number of hydrogen-bond donors (Lipinski definition) is 1. The molecule has 1 N–H and O–H groups in total. The van der Waals surface area contributed by atoms with Crippen LogP contribution in [0.4, 0.5) is 11.6 Å². The van der Waals surface area contributed by atoms with Gasteiger partial charge in [-0.05, 0) is 30.3 Å². The lowest BCUT2D eigenvalue weighted by molar-refractivity contribution is 1.22. The summed E-state index contributed by atoms with van der Waals surface area (Å²) in [5.41, 5.74) is 3.39. The summed E-state index contributed by atoms with van der Waals surface area (Å²) in [4.78, 5) is 9.31. The van der Waals surface area contributed by atoms with Crippen molar-refractivity contribution in [1.82, 2.24) is 9.97 Å². The molecule has 5 heteroatoms. The zero-order chi connectivity index (χ0) is 17.2. The molecule has 4 aromatic rings. The average molecular weight is 366 g/mol. The van der Waals surface area contributed by atoms with Crippen LogP contribution in [0.1, 0.15) is 0 Å². The highest BCUT2D eigenvalue weighted by atomic mass is 35.5. The van der Waals surface area contributed by atoms with E-state index in [1.54, 1.807) is 0 Å². The van der Waals surface area contributed by atoms with E-state index in [4.69, 9.17) is 28.2 Å². The van der Waals surface area contributed by atoms with Crippen LogP contribution in [-0.4, -0.2) is 9.97 Å². The van der Waals surface area contributed by atoms with Gasteiger partial charge in [0.15, 0.2) is 0 Å². The van der Waals surface area contributed by atoms with Gasteiger partial charge >= 0.3 is 0 Å². The Bertz CT molecular complexity index is 1050.